The van der Waals surface area contributed by atoms with Crippen LogP contribution in [-0.2, 0) is 0 Å². The Morgan fingerprint density at radius 1 is 1.31 bits per heavy atom. The molecule has 0 aromatic heterocycles. The van der Waals surface area contributed by atoms with Crippen LogP contribution in [-0.4, -0.2) is 6.54 Å². The van der Waals surface area contributed by atoms with Gasteiger partial charge in [-0.25, -0.2) is 4.39 Å². The Labute approximate surface area is 105 Å². The fraction of sp³-hybridized carbons (Fsp3) is 0.385. The lowest BCUT2D eigenvalue weighted by Crippen LogP contribution is -2.03. The van der Waals surface area contributed by atoms with Gasteiger partial charge in [-0.05, 0) is 47.3 Å². The molecule has 0 unspecified atom stereocenters. The maximum absolute atomic E-state index is 13.4. The number of hydrogen-bond acceptors (Lipinski definition) is 1. The Balaban J connectivity index is 2.29. The molecule has 1 N–H and O–H groups in total. The van der Waals surface area contributed by atoms with Crippen molar-refractivity contribution in [3.63, 3.8) is 0 Å². The quantitative estimate of drug-likeness (QED) is 0.563. The molecule has 0 spiro atoms. The highest BCUT2D eigenvalue weighted by Gasteiger charge is 2.04. The molecule has 0 aliphatic heterocycles. The van der Waals surface area contributed by atoms with E-state index in [9.17, 15) is 4.39 Å². The number of anilines is 1. The van der Waals surface area contributed by atoms with E-state index in [-0.39, 0.29) is 5.82 Å². The summed E-state index contributed by atoms with van der Waals surface area (Å²) in [6, 6.07) is 4.99. The van der Waals surface area contributed by atoms with Crippen LogP contribution in [0.1, 0.15) is 25.7 Å². The summed E-state index contributed by atoms with van der Waals surface area (Å²) in [4.78, 5) is 0. The zero-order chi connectivity index (χ0) is 11.8. The maximum Gasteiger partial charge on any atom is 0.147 e. The molecule has 0 fully saturated rings. The highest BCUT2D eigenvalue weighted by atomic mass is 79.9. The summed E-state index contributed by atoms with van der Waals surface area (Å²) in [5, 5.41) is 3.11. The number of benzene rings is 1. The van der Waals surface area contributed by atoms with E-state index < -0.39 is 0 Å². The largest absolute Gasteiger partial charge is 0.382 e. The van der Waals surface area contributed by atoms with Gasteiger partial charge in [0, 0.05) is 11.0 Å². The predicted molar refractivity (Wildman–Crippen MR) is 71.3 cm³/mol. The van der Waals surface area contributed by atoms with Gasteiger partial charge in [0.05, 0.1) is 5.69 Å². The van der Waals surface area contributed by atoms with E-state index in [2.05, 4.69) is 27.8 Å². The average Bonchev–Trinajstić information content (AvgIpc) is 2.26. The maximum atomic E-state index is 13.4. The van der Waals surface area contributed by atoms with Crippen molar-refractivity contribution in [1.29, 1.82) is 0 Å². The van der Waals surface area contributed by atoms with Crippen LogP contribution in [0.15, 0.2) is 35.3 Å². The second-order valence-electron chi connectivity index (χ2n) is 3.66. The van der Waals surface area contributed by atoms with Crippen LogP contribution < -0.4 is 5.32 Å². The van der Waals surface area contributed by atoms with Crippen LogP contribution >= 0.6 is 15.9 Å². The SMILES string of the molecule is C=CCCCCCNc1c(F)cccc1Br. The molecule has 88 valence electrons. The number of hydrogen-bond donors (Lipinski definition) is 1. The van der Waals surface area contributed by atoms with Crippen molar-refractivity contribution in [3.8, 4) is 0 Å². The van der Waals surface area contributed by atoms with Gasteiger partial charge >= 0.3 is 0 Å². The average molecular weight is 286 g/mol. The molecule has 1 aromatic rings. The molecule has 0 saturated heterocycles. The second kappa shape index (κ2) is 7.44. The third-order valence-electron chi connectivity index (χ3n) is 2.35. The van der Waals surface area contributed by atoms with Crippen LogP contribution in [0.5, 0.6) is 0 Å². The van der Waals surface area contributed by atoms with E-state index >= 15 is 0 Å². The molecule has 0 aliphatic carbocycles. The summed E-state index contributed by atoms with van der Waals surface area (Å²) in [6.07, 6.45) is 6.34. The number of allylic oxidation sites excluding steroid dienone is 1. The van der Waals surface area contributed by atoms with Crippen molar-refractivity contribution in [3.05, 3.63) is 41.1 Å². The monoisotopic (exact) mass is 285 g/mol. The number of para-hydroxylation sites is 1. The first-order chi connectivity index (χ1) is 7.75. The van der Waals surface area contributed by atoms with Crippen molar-refractivity contribution < 1.29 is 4.39 Å². The first-order valence-corrected chi connectivity index (χ1v) is 6.34. The summed E-state index contributed by atoms with van der Waals surface area (Å²) in [7, 11) is 0. The Hall–Kier alpha value is -0.830. The topological polar surface area (TPSA) is 12.0 Å². The van der Waals surface area contributed by atoms with E-state index in [1.807, 2.05) is 12.1 Å². The second-order valence-corrected chi connectivity index (χ2v) is 4.52. The molecule has 0 aliphatic rings. The highest BCUT2D eigenvalue weighted by Crippen LogP contribution is 2.24. The van der Waals surface area contributed by atoms with Gasteiger partial charge in [-0.15, -0.1) is 6.58 Å². The predicted octanol–water partition coefficient (Wildman–Crippen LogP) is 4.75. The van der Waals surface area contributed by atoms with E-state index in [1.165, 1.54) is 6.07 Å². The zero-order valence-electron chi connectivity index (χ0n) is 9.31. The van der Waals surface area contributed by atoms with E-state index in [4.69, 9.17) is 0 Å². The van der Waals surface area contributed by atoms with Gasteiger partial charge in [-0.3, -0.25) is 0 Å². The van der Waals surface area contributed by atoms with Crippen LogP contribution in [0, 0.1) is 5.82 Å². The summed E-state index contributed by atoms with van der Waals surface area (Å²) in [5.74, 6) is -0.208. The Morgan fingerprint density at radius 3 is 2.81 bits per heavy atom. The van der Waals surface area contributed by atoms with Crippen molar-refractivity contribution in [2.75, 3.05) is 11.9 Å². The van der Waals surface area contributed by atoms with E-state index in [0.29, 0.717) is 5.69 Å². The molecule has 0 bridgehead atoms. The van der Waals surface area contributed by atoms with Crippen LogP contribution in [0.3, 0.4) is 0 Å². The van der Waals surface area contributed by atoms with Crippen molar-refractivity contribution in [1.82, 2.24) is 0 Å². The summed E-state index contributed by atoms with van der Waals surface area (Å²) >= 11 is 3.33. The minimum atomic E-state index is -0.208. The first kappa shape index (κ1) is 13.2. The third-order valence-corrected chi connectivity index (χ3v) is 3.01. The molecule has 1 nitrogen and oxygen atoms in total. The Morgan fingerprint density at radius 2 is 2.12 bits per heavy atom. The molecule has 0 amide bonds. The van der Waals surface area contributed by atoms with Crippen LogP contribution in [0.25, 0.3) is 0 Å². The van der Waals surface area contributed by atoms with Gasteiger partial charge in [0.1, 0.15) is 5.82 Å². The lowest BCUT2D eigenvalue weighted by Gasteiger charge is -2.09. The van der Waals surface area contributed by atoms with Gasteiger partial charge < -0.3 is 5.32 Å². The van der Waals surface area contributed by atoms with Crippen LogP contribution in [0.4, 0.5) is 10.1 Å². The van der Waals surface area contributed by atoms with Gasteiger partial charge in [-0.2, -0.15) is 0 Å². The summed E-state index contributed by atoms with van der Waals surface area (Å²) < 4.78 is 14.2. The smallest absolute Gasteiger partial charge is 0.147 e. The normalized spacial score (nSPS) is 10.1. The zero-order valence-corrected chi connectivity index (χ0v) is 10.9. The standard InChI is InChI=1S/C13H17BrFN/c1-2-3-4-5-6-10-16-13-11(14)8-7-9-12(13)15/h2,7-9,16H,1,3-6,10H2. The molecule has 16 heavy (non-hydrogen) atoms. The minimum absolute atomic E-state index is 0.208. The van der Waals surface area contributed by atoms with Gasteiger partial charge in [0.25, 0.3) is 0 Å². The van der Waals surface area contributed by atoms with Gasteiger partial charge in [0.15, 0.2) is 0 Å². The molecule has 0 radical (unpaired) electrons. The summed E-state index contributed by atoms with van der Waals surface area (Å²) in [5.41, 5.74) is 0.561. The number of rotatable bonds is 7. The molecule has 0 heterocycles. The van der Waals surface area contributed by atoms with E-state index in [1.54, 1.807) is 6.07 Å². The van der Waals surface area contributed by atoms with Gasteiger partial charge in [-0.1, -0.05) is 18.6 Å². The highest BCUT2D eigenvalue weighted by molar-refractivity contribution is 9.10. The summed E-state index contributed by atoms with van der Waals surface area (Å²) in [6.45, 7) is 4.48. The van der Waals surface area contributed by atoms with Crippen molar-refractivity contribution in [2.45, 2.75) is 25.7 Å². The van der Waals surface area contributed by atoms with Crippen molar-refractivity contribution in [2.24, 2.45) is 0 Å². The Bertz CT molecular complexity index is 318. The molecule has 3 heteroatoms. The van der Waals surface area contributed by atoms with Gasteiger partial charge in [0.2, 0.25) is 0 Å². The molecule has 1 rings (SSSR count). The minimum Gasteiger partial charge on any atom is -0.382 e. The van der Waals surface area contributed by atoms with Crippen molar-refractivity contribution >= 4 is 21.6 Å². The molecular formula is C13H17BrFN. The first-order valence-electron chi connectivity index (χ1n) is 5.54. The number of nitrogens with one attached hydrogen (secondary N) is 1. The van der Waals surface area contributed by atoms with E-state index in [0.717, 1.165) is 36.7 Å². The van der Waals surface area contributed by atoms with Crippen LogP contribution in [0.2, 0.25) is 0 Å². The fourth-order valence-corrected chi connectivity index (χ4v) is 1.95. The lowest BCUT2D eigenvalue weighted by atomic mass is 10.2. The lowest BCUT2D eigenvalue weighted by molar-refractivity contribution is 0.627. The number of unbranched alkanes of at least 4 members (excludes halogenated alkanes) is 3. The molecular weight excluding hydrogens is 269 g/mol. The third kappa shape index (κ3) is 4.35. The number of halogens is 2. The fourth-order valence-electron chi connectivity index (χ4n) is 1.47. The molecule has 1 aromatic carbocycles. The molecule has 0 atom stereocenters. The Kier molecular flexibility index (Phi) is 6.16. The molecule has 0 saturated carbocycles.